The first-order valence-electron chi connectivity index (χ1n) is 6.38. The van der Waals surface area contributed by atoms with Crippen LogP contribution in [0, 0.1) is 5.92 Å². The van der Waals surface area contributed by atoms with Crippen LogP contribution in [-0.4, -0.2) is 31.1 Å². The maximum absolute atomic E-state index is 12.2. The van der Waals surface area contributed by atoms with Crippen molar-refractivity contribution in [1.82, 2.24) is 5.32 Å². The molecule has 1 aromatic rings. The molecule has 0 fully saturated rings. The second-order valence-electron chi connectivity index (χ2n) is 4.42. The van der Waals surface area contributed by atoms with Crippen molar-refractivity contribution >= 4 is 23.4 Å². The van der Waals surface area contributed by atoms with E-state index >= 15 is 0 Å². The number of hydrogen-bond donors (Lipinski definition) is 2. The second kappa shape index (κ2) is 7.94. The molecule has 0 aliphatic carbocycles. The van der Waals surface area contributed by atoms with Gasteiger partial charge in [-0.05, 0) is 37.0 Å². The van der Waals surface area contributed by atoms with Crippen molar-refractivity contribution in [3.63, 3.8) is 0 Å². The molecular weight excluding hydrogens is 260 g/mol. The molecule has 1 unspecified atom stereocenters. The van der Waals surface area contributed by atoms with Gasteiger partial charge in [0, 0.05) is 12.2 Å². The molecule has 3 N–H and O–H groups in total. The predicted octanol–water partition coefficient (Wildman–Crippen LogP) is 2.40. The molecule has 19 heavy (non-hydrogen) atoms. The van der Waals surface area contributed by atoms with Crippen molar-refractivity contribution in [1.29, 1.82) is 0 Å². The third-order valence-electron chi connectivity index (χ3n) is 2.65. The van der Waals surface area contributed by atoms with Gasteiger partial charge in [-0.1, -0.05) is 13.0 Å². The minimum absolute atomic E-state index is 0.172. The van der Waals surface area contributed by atoms with Gasteiger partial charge in [0.1, 0.15) is 11.3 Å². The van der Waals surface area contributed by atoms with Gasteiger partial charge in [0.05, 0.1) is 6.61 Å². The van der Waals surface area contributed by atoms with Crippen LogP contribution in [-0.2, 0) is 0 Å². The molecule has 1 amide bonds. The number of benzene rings is 1. The maximum Gasteiger partial charge on any atom is 0.257 e. The second-order valence-corrected chi connectivity index (χ2v) is 5.33. The predicted molar refractivity (Wildman–Crippen MR) is 81.9 cm³/mol. The van der Waals surface area contributed by atoms with Crippen LogP contribution in [0.5, 0.6) is 5.75 Å². The number of carbonyl (C=O) groups excluding carboxylic acids is 1. The Hall–Kier alpha value is -1.36. The van der Waals surface area contributed by atoms with E-state index in [1.165, 1.54) is 0 Å². The number of ether oxygens (including phenoxy) is 1. The molecule has 0 spiro atoms. The van der Waals surface area contributed by atoms with E-state index < -0.39 is 0 Å². The standard InChI is InChI=1S/C14H22N2O2S/c1-4-18-12-7-5-6-11(15)13(12)14(17)16-8-10(2)9-19-3/h5-7,10H,4,8-9,15H2,1-3H3,(H,16,17). The van der Waals surface area contributed by atoms with Crippen LogP contribution in [0.3, 0.4) is 0 Å². The normalized spacial score (nSPS) is 11.9. The van der Waals surface area contributed by atoms with E-state index in [0.29, 0.717) is 36.1 Å². The average molecular weight is 282 g/mol. The van der Waals surface area contributed by atoms with Gasteiger partial charge in [-0.15, -0.1) is 0 Å². The van der Waals surface area contributed by atoms with Crippen molar-refractivity contribution in [2.24, 2.45) is 5.92 Å². The first kappa shape index (κ1) is 15.7. The monoisotopic (exact) mass is 282 g/mol. The van der Waals surface area contributed by atoms with Crippen molar-refractivity contribution < 1.29 is 9.53 Å². The minimum Gasteiger partial charge on any atom is -0.493 e. The molecule has 0 heterocycles. The quantitative estimate of drug-likeness (QED) is 0.754. The van der Waals surface area contributed by atoms with Crippen molar-refractivity contribution in [3.8, 4) is 5.75 Å². The highest BCUT2D eigenvalue weighted by Crippen LogP contribution is 2.24. The third kappa shape index (κ3) is 4.67. The zero-order valence-corrected chi connectivity index (χ0v) is 12.5. The van der Waals surface area contributed by atoms with Gasteiger partial charge >= 0.3 is 0 Å². The Balaban J connectivity index is 2.75. The number of amides is 1. The smallest absolute Gasteiger partial charge is 0.257 e. The molecule has 1 aromatic carbocycles. The van der Waals surface area contributed by atoms with Gasteiger partial charge in [-0.2, -0.15) is 11.8 Å². The minimum atomic E-state index is -0.172. The average Bonchev–Trinajstić information content (AvgIpc) is 2.37. The van der Waals surface area contributed by atoms with E-state index in [9.17, 15) is 4.79 Å². The Kier molecular flexibility index (Phi) is 6.56. The number of anilines is 1. The van der Waals surface area contributed by atoms with Crippen molar-refractivity contribution in [2.45, 2.75) is 13.8 Å². The Morgan fingerprint density at radius 2 is 2.26 bits per heavy atom. The zero-order valence-electron chi connectivity index (χ0n) is 11.7. The van der Waals surface area contributed by atoms with Crippen molar-refractivity contribution in [3.05, 3.63) is 23.8 Å². The van der Waals surface area contributed by atoms with E-state index in [4.69, 9.17) is 10.5 Å². The Morgan fingerprint density at radius 3 is 2.89 bits per heavy atom. The Bertz CT molecular complexity index is 424. The van der Waals surface area contributed by atoms with E-state index in [2.05, 4.69) is 18.5 Å². The zero-order chi connectivity index (χ0) is 14.3. The summed E-state index contributed by atoms with van der Waals surface area (Å²) in [6, 6.07) is 5.26. The summed E-state index contributed by atoms with van der Waals surface area (Å²) >= 11 is 1.77. The first-order valence-corrected chi connectivity index (χ1v) is 7.77. The number of nitrogen functional groups attached to an aromatic ring is 1. The Labute approximate surface area is 119 Å². The maximum atomic E-state index is 12.2. The van der Waals surface area contributed by atoms with E-state index in [-0.39, 0.29) is 5.91 Å². The highest BCUT2D eigenvalue weighted by molar-refractivity contribution is 7.98. The number of carbonyl (C=O) groups is 1. The summed E-state index contributed by atoms with van der Waals surface area (Å²) in [6.07, 6.45) is 2.06. The SMILES string of the molecule is CCOc1cccc(N)c1C(=O)NCC(C)CSC. The summed E-state index contributed by atoms with van der Waals surface area (Å²) in [7, 11) is 0. The van der Waals surface area contributed by atoms with E-state index in [0.717, 1.165) is 5.75 Å². The molecule has 0 aromatic heterocycles. The lowest BCUT2D eigenvalue weighted by atomic mass is 10.1. The van der Waals surface area contributed by atoms with Crippen LogP contribution in [0.2, 0.25) is 0 Å². The molecule has 1 rings (SSSR count). The summed E-state index contributed by atoms with van der Waals surface area (Å²) in [5.74, 6) is 1.81. The fourth-order valence-electron chi connectivity index (χ4n) is 1.77. The first-order chi connectivity index (χ1) is 9.10. The lowest BCUT2D eigenvalue weighted by Crippen LogP contribution is -2.30. The van der Waals surface area contributed by atoms with E-state index in [1.807, 2.05) is 6.92 Å². The van der Waals surface area contributed by atoms with Crippen LogP contribution < -0.4 is 15.8 Å². The van der Waals surface area contributed by atoms with Crippen LogP contribution in [0.25, 0.3) is 0 Å². The molecule has 0 saturated carbocycles. The number of nitrogens with one attached hydrogen (secondary N) is 1. The van der Waals surface area contributed by atoms with Crippen LogP contribution >= 0.6 is 11.8 Å². The van der Waals surface area contributed by atoms with Crippen molar-refractivity contribution in [2.75, 3.05) is 30.9 Å². The molecule has 0 saturated heterocycles. The molecule has 5 heteroatoms. The van der Waals surface area contributed by atoms with Gasteiger partial charge in [0.25, 0.3) is 5.91 Å². The molecule has 1 atom stereocenters. The largest absolute Gasteiger partial charge is 0.493 e. The fraction of sp³-hybridized carbons (Fsp3) is 0.500. The number of hydrogen-bond acceptors (Lipinski definition) is 4. The molecular formula is C14H22N2O2S. The van der Waals surface area contributed by atoms with E-state index in [1.54, 1.807) is 30.0 Å². The molecule has 4 nitrogen and oxygen atoms in total. The molecule has 106 valence electrons. The highest BCUT2D eigenvalue weighted by Gasteiger charge is 2.16. The van der Waals surface area contributed by atoms with Gasteiger partial charge < -0.3 is 15.8 Å². The molecule has 0 aliphatic rings. The van der Waals surface area contributed by atoms with Gasteiger partial charge in [0.15, 0.2) is 0 Å². The lowest BCUT2D eigenvalue weighted by Gasteiger charge is -2.15. The van der Waals surface area contributed by atoms with Gasteiger partial charge in [-0.25, -0.2) is 0 Å². The summed E-state index contributed by atoms with van der Waals surface area (Å²) in [5, 5.41) is 2.91. The summed E-state index contributed by atoms with van der Waals surface area (Å²) in [5.41, 5.74) is 6.75. The van der Waals surface area contributed by atoms with Crippen LogP contribution in [0.15, 0.2) is 18.2 Å². The van der Waals surface area contributed by atoms with Crippen LogP contribution in [0.4, 0.5) is 5.69 Å². The van der Waals surface area contributed by atoms with Gasteiger partial charge in [0.2, 0.25) is 0 Å². The fourth-order valence-corrected chi connectivity index (χ4v) is 2.45. The highest BCUT2D eigenvalue weighted by atomic mass is 32.2. The third-order valence-corrected chi connectivity index (χ3v) is 3.55. The summed E-state index contributed by atoms with van der Waals surface area (Å²) < 4.78 is 5.45. The molecule has 0 aliphatic heterocycles. The topological polar surface area (TPSA) is 64.3 Å². The number of thioether (sulfide) groups is 1. The Morgan fingerprint density at radius 1 is 1.53 bits per heavy atom. The molecule has 0 radical (unpaired) electrons. The molecule has 0 bridgehead atoms. The van der Waals surface area contributed by atoms with Gasteiger partial charge in [-0.3, -0.25) is 4.79 Å². The number of nitrogens with two attached hydrogens (primary N) is 1. The lowest BCUT2D eigenvalue weighted by molar-refractivity contribution is 0.0946. The summed E-state index contributed by atoms with van der Waals surface area (Å²) in [4.78, 5) is 12.2. The van der Waals surface area contributed by atoms with Crippen LogP contribution in [0.1, 0.15) is 24.2 Å². The number of rotatable bonds is 7. The summed E-state index contributed by atoms with van der Waals surface area (Å²) in [6.45, 7) is 5.13.